The van der Waals surface area contributed by atoms with Gasteiger partial charge in [-0.25, -0.2) is 4.68 Å². The van der Waals surface area contributed by atoms with Crippen molar-refractivity contribution in [2.45, 2.75) is 19.9 Å². The van der Waals surface area contributed by atoms with E-state index in [1.807, 2.05) is 25.2 Å². The number of nitrogens with one attached hydrogen (secondary N) is 1. The lowest BCUT2D eigenvalue weighted by atomic mass is 9.99. The predicted octanol–water partition coefficient (Wildman–Crippen LogP) is 3.24. The third-order valence-electron chi connectivity index (χ3n) is 3.06. The minimum atomic E-state index is 0.0121. The number of hydrogen-bond acceptors (Lipinski definition) is 3. The minimum Gasteiger partial charge on any atom is -0.305 e. The second-order valence-corrected chi connectivity index (χ2v) is 5.57. The second-order valence-electron chi connectivity index (χ2n) is 4.38. The highest BCUT2D eigenvalue weighted by Gasteiger charge is 2.22. The summed E-state index contributed by atoms with van der Waals surface area (Å²) in [7, 11) is 1.89. The molecule has 1 N–H and O–H groups in total. The second kappa shape index (κ2) is 6.03. The SMILES string of the molecule is CCNC(c1cc(Cl)ccc1C)c1c(Br)nnn1C. The number of halogens is 2. The molecule has 0 aliphatic rings. The molecule has 0 bridgehead atoms. The van der Waals surface area contributed by atoms with E-state index in [0.717, 1.165) is 27.4 Å². The average molecular weight is 344 g/mol. The van der Waals surface area contributed by atoms with Crippen LogP contribution in [0.3, 0.4) is 0 Å². The van der Waals surface area contributed by atoms with E-state index in [-0.39, 0.29) is 6.04 Å². The first-order chi connectivity index (χ1) is 9.04. The van der Waals surface area contributed by atoms with Gasteiger partial charge in [0.1, 0.15) is 0 Å². The number of aromatic nitrogens is 3. The first-order valence-corrected chi connectivity index (χ1v) is 7.26. The Balaban J connectivity index is 2.54. The molecule has 2 rings (SSSR count). The zero-order valence-corrected chi connectivity index (χ0v) is 13.5. The Morgan fingerprint density at radius 2 is 2.21 bits per heavy atom. The van der Waals surface area contributed by atoms with E-state index in [1.165, 1.54) is 5.56 Å². The van der Waals surface area contributed by atoms with E-state index in [9.17, 15) is 0 Å². The van der Waals surface area contributed by atoms with Gasteiger partial charge in [0, 0.05) is 12.1 Å². The summed E-state index contributed by atoms with van der Waals surface area (Å²) in [6.45, 7) is 4.99. The van der Waals surface area contributed by atoms with Crippen LogP contribution < -0.4 is 5.32 Å². The summed E-state index contributed by atoms with van der Waals surface area (Å²) in [5.41, 5.74) is 3.32. The van der Waals surface area contributed by atoms with Gasteiger partial charge >= 0.3 is 0 Å². The van der Waals surface area contributed by atoms with Crippen molar-refractivity contribution in [2.75, 3.05) is 6.54 Å². The van der Waals surface area contributed by atoms with Crippen LogP contribution >= 0.6 is 27.5 Å². The molecule has 0 amide bonds. The number of nitrogens with zero attached hydrogens (tertiary/aromatic N) is 3. The third kappa shape index (κ3) is 2.99. The van der Waals surface area contributed by atoms with E-state index in [1.54, 1.807) is 4.68 Å². The van der Waals surface area contributed by atoms with Gasteiger partial charge in [0.25, 0.3) is 0 Å². The van der Waals surface area contributed by atoms with Crippen LogP contribution in [0.15, 0.2) is 22.8 Å². The number of benzene rings is 1. The van der Waals surface area contributed by atoms with Gasteiger partial charge in [-0.05, 0) is 52.7 Å². The molecule has 1 atom stereocenters. The summed E-state index contributed by atoms with van der Waals surface area (Å²) in [5, 5.41) is 12.3. The maximum Gasteiger partial charge on any atom is 0.153 e. The van der Waals surface area contributed by atoms with Crippen molar-refractivity contribution in [3.05, 3.63) is 44.6 Å². The fourth-order valence-corrected chi connectivity index (χ4v) is 2.86. The van der Waals surface area contributed by atoms with E-state index in [0.29, 0.717) is 0 Å². The molecular formula is C13H16BrClN4. The van der Waals surface area contributed by atoms with Gasteiger partial charge in [0.15, 0.2) is 4.60 Å². The van der Waals surface area contributed by atoms with Crippen molar-refractivity contribution in [1.82, 2.24) is 20.3 Å². The standard InChI is InChI=1S/C13H16BrClN4/c1-4-16-11(12-13(14)17-18-19(12)3)10-7-9(15)6-5-8(10)2/h5-7,11,16H,4H2,1-3H3. The Labute approximate surface area is 126 Å². The summed E-state index contributed by atoms with van der Waals surface area (Å²) in [6.07, 6.45) is 0. The van der Waals surface area contributed by atoms with Gasteiger partial charge < -0.3 is 5.32 Å². The van der Waals surface area contributed by atoms with Gasteiger partial charge in [-0.2, -0.15) is 0 Å². The van der Waals surface area contributed by atoms with Crippen molar-refractivity contribution >= 4 is 27.5 Å². The number of rotatable bonds is 4. The molecule has 4 nitrogen and oxygen atoms in total. The zero-order chi connectivity index (χ0) is 14.0. The Kier molecular flexibility index (Phi) is 4.60. The summed E-state index contributed by atoms with van der Waals surface area (Å²) in [5.74, 6) is 0. The molecule has 1 aromatic carbocycles. The minimum absolute atomic E-state index is 0.0121. The lowest BCUT2D eigenvalue weighted by Crippen LogP contribution is -2.25. The zero-order valence-electron chi connectivity index (χ0n) is 11.1. The van der Waals surface area contributed by atoms with Crippen molar-refractivity contribution in [1.29, 1.82) is 0 Å². The summed E-state index contributed by atoms with van der Waals surface area (Å²) in [4.78, 5) is 0. The van der Waals surface area contributed by atoms with E-state index < -0.39 is 0 Å². The van der Waals surface area contributed by atoms with Crippen molar-refractivity contribution in [2.24, 2.45) is 7.05 Å². The lowest BCUT2D eigenvalue weighted by molar-refractivity contribution is 0.565. The van der Waals surface area contributed by atoms with Gasteiger partial charge in [-0.3, -0.25) is 0 Å². The number of aryl methyl sites for hydroxylation is 2. The molecule has 1 heterocycles. The van der Waals surface area contributed by atoms with Crippen molar-refractivity contribution in [3.63, 3.8) is 0 Å². The molecule has 0 radical (unpaired) electrons. The number of hydrogen-bond donors (Lipinski definition) is 1. The van der Waals surface area contributed by atoms with Crippen LogP contribution in [0.25, 0.3) is 0 Å². The Morgan fingerprint density at radius 3 is 2.79 bits per heavy atom. The molecule has 0 saturated heterocycles. The molecule has 0 saturated carbocycles. The van der Waals surface area contributed by atoms with Crippen LogP contribution in [-0.4, -0.2) is 21.5 Å². The highest BCUT2D eigenvalue weighted by molar-refractivity contribution is 9.10. The fourth-order valence-electron chi connectivity index (χ4n) is 2.13. The fraction of sp³-hybridized carbons (Fsp3) is 0.385. The average Bonchev–Trinajstić information content (AvgIpc) is 2.70. The molecule has 0 aliphatic carbocycles. The summed E-state index contributed by atoms with van der Waals surface area (Å²) < 4.78 is 2.53. The van der Waals surface area contributed by atoms with Gasteiger partial charge in [-0.1, -0.05) is 29.8 Å². The molecule has 1 aromatic heterocycles. The monoisotopic (exact) mass is 342 g/mol. The quantitative estimate of drug-likeness (QED) is 0.927. The van der Waals surface area contributed by atoms with Gasteiger partial charge in [0.05, 0.1) is 11.7 Å². The van der Waals surface area contributed by atoms with Crippen LogP contribution in [0.1, 0.15) is 29.8 Å². The predicted molar refractivity (Wildman–Crippen MR) is 80.4 cm³/mol. The Bertz CT molecular complexity index is 563. The lowest BCUT2D eigenvalue weighted by Gasteiger charge is -2.21. The van der Waals surface area contributed by atoms with Crippen LogP contribution in [0.5, 0.6) is 0 Å². The molecule has 102 valence electrons. The van der Waals surface area contributed by atoms with Crippen LogP contribution in [0.4, 0.5) is 0 Å². The first-order valence-electron chi connectivity index (χ1n) is 6.09. The molecule has 1 unspecified atom stereocenters. The normalized spacial score (nSPS) is 12.7. The largest absolute Gasteiger partial charge is 0.305 e. The molecule has 0 aliphatic heterocycles. The first kappa shape index (κ1) is 14.5. The highest BCUT2D eigenvalue weighted by Crippen LogP contribution is 2.30. The van der Waals surface area contributed by atoms with E-state index in [4.69, 9.17) is 11.6 Å². The van der Waals surface area contributed by atoms with Crippen LogP contribution in [0, 0.1) is 6.92 Å². The Morgan fingerprint density at radius 1 is 1.47 bits per heavy atom. The summed E-state index contributed by atoms with van der Waals surface area (Å²) >= 11 is 9.59. The highest BCUT2D eigenvalue weighted by atomic mass is 79.9. The topological polar surface area (TPSA) is 42.7 Å². The Hall–Kier alpha value is -0.910. The molecule has 6 heteroatoms. The van der Waals surface area contributed by atoms with Gasteiger partial charge in [-0.15, -0.1) is 5.10 Å². The maximum absolute atomic E-state index is 6.12. The molecule has 0 fully saturated rings. The molecule has 19 heavy (non-hydrogen) atoms. The third-order valence-corrected chi connectivity index (χ3v) is 3.86. The van der Waals surface area contributed by atoms with E-state index in [2.05, 4.69) is 45.4 Å². The van der Waals surface area contributed by atoms with E-state index >= 15 is 0 Å². The summed E-state index contributed by atoms with van der Waals surface area (Å²) in [6, 6.07) is 5.93. The van der Waals surface area contributed by atoms with Crippen LogP contribution in [-0.2, 0) is 7.05 Å². The van der Waals surface area contributed by atoms with Gasteiger partial charge in [0.2, 0.25) is 0 Å². The molecule has 0 spiro atoms. The molecular weight excluding hydrogens is 328 g/mol. The van der Waals surface area contributed by atoms with Crippen LogP contribution in [0.2, 0.25) is 5.02 Å². The van der Waals surface area contributed by atoms with Crippen molar-refractivity contribution < 1.29 is 0 Å². The van der Waals surface area contributed by atoms with Crippen molar-refractivity contribution in [3.8, 4) is 0 Å². The smallest absolute Gasteiger partial charge is 0.153 e. The maximum atomic E-state index is 6.12. The molecule has 2 aromatic rings.